The maximum absolute atomic E-state index is 10.5. The zero-order valence-electron chi connectivity index (χ0n) is 9.35. The molecule has 1 aromatic rings. The van der Waals surface area contributed by atoms with Gasteiger partial charge in [-0.15, -0.1) is 0 Å². The van der Waals surface area contributed by atoms with Crippen molar-refractivity contribution in [1.29, 1.82) is 10.5 Å². The van der Waals surface area contributed by atoms with Gasteiger partial charge in [0.1, 0.15) is 23.5 Å². The van der Waals surface area contributed by atoms with E-state index >= 15 is 0 Å². The van der Waals surface area contributed by atoms with Crippen LogP contribution in [-0.2, 0) is 4.79 Å². The summed E-state index contributed by atoms with van der Waals surface area (Å²) in [6.07, 6.45) is 1.46. The van der Waals surface area contributed by atoms with Crippen molar-refractivity contribution >= 4 is 57.2 Å². The highest BCUT2D eigenvalue weighted by Crippen LogP contribution is 2.29. The van der Waals surface area contributed by atoms with Crippen molar-refractivity contribution in [2.45, 2.75) is 0 Å². The molecule has 0 aromatic heterocycles. The predicted molar refractivity (Wildman–Crippen MR) is 84.2 cm³/mol. The molecule has 7 heteroatoms. The predicted octanol–water partition coefficient (Wildman–Crippen LogP) is 2.79. The molecule has 0 fully saturated rings. The number of rotatable bonds is 4. The Bertz CT molecular complexity index is 588. The van der Waals surface area contributed by atoms with Crippen LogP contribution >= 0.6 is 45.2 Å². The third-order valence-corrected chi connectivity index (χ3v) is 3.52. The van der Waals surface area contributed by atoms with Crippen LogP contribution in [-0.4, -0.2) is 17.7 Å². The Balaban J connectivity index is 3.11. The summed E-state index contributed by atoms with van der Waals surface area (Å²) in [6.45, 7) is -0.414. The average Bonchev–Trinajstić information content (AvgIpc) is 2.34. The van der Waals surface area contributed by atoms with Crippen molar-refractivity contribution < 1.29 is 14.6 Å². The normalized spacial score (nSPS) is 9.05. The molecule has 0 bridgehead atoms. The van der Waals surface area contributed by atoms with Crippen molar-refractivity contribution in [2.75, 3.05) is 6.61 Å². The molecule has 0 aliphatic rings. The number of carboxylic acids is 1. The van der Waals surface area contributed by atoms with Crippen LogP contribution in [0.2, 0.25) is 0 Å². The van der Waals surface area contributed by atoms with Crippen molar-refractivity contribution in [3.8, 4) is 17.9 Å². The fraction of sp³-hybridized carbons (Fsp3) is 0.0833. The van der Waals surface area contributed by atoms with Gasteiger partial charge in [-0.1, -0.05) is 0 Å². The molecule has 0 aliphatic carbocycles. The number of ether oxygens (including phenoxy) is 1. The van der Waals surface area contributed by atoms with Crippen LogP contribution < -0.4 is 4.74 Å². The van der Waals surface area contributed by atoms with Gasteiger partial charge in [-0.05, 0) is 69.0 Å². The van der Waals surface area contributed by atoms with Crippen LogP contribution in [0.3, 0.4) is 0 Å². The van der Waals surface area contributed by atoms with E-state index in [-0.39, 0.29) is 5.57 Å². The first-order valence-corrected chi connectivity index (χ1v) is 6.99. The molecule has 1 N–H and O–H groups in total. The number of hydrogen-bond donors (Lipinski definition) is 1. The van der Waals surface area contributed by atoms with Crippen molar-refractivity contribution in [3.05, 3.63) is 30.4 Å². The summed E-state index contributed by atoms with van der Waals surface area (Å²) >= 11 is 4.02. The topological polar surface area (TPSA) is 94.1 Å². The van der Waals surface area contributed by atoms with Crippen molar-refractivity contribution in [1.82, 2.24) is 0 Å². The monoisotopic (exact) mass is 480 g/mol. The molecular formula is C12H6I2N2O3. The molecular weight excluding hydrogens is 474 g/mol. The largest absolute Gasteiger partial charge is 0.480 e. The molecule has 0 saturated carbocycles. The van der Waals surface area contributed by atoms with Crippen LogP contribution in [0.5, 0.6) is 5.75 Å². The van der Waals surface area contributed by atoms with Crippen LogP contribution in [0, 0.1) is 29.8 Å². The second-order valence-electron chi connectivity index (χ2n) is 3.28. The number of allylic oxidation sites excluding steroid dienone is 1. The van der Waals surface area contributed by atoms with Gasteiger partial charge in [0.15, 0.2) is 6.61 Å². The van der Waals surface area contributed by atoms with Crippen molar-refractivity contribution in [2.24, 2.45) is 0 Å². The number of benzene rings is 1. The Labute approximate surface area is 136 Å². The molecule has 0 spiro atoms. The lowest BCUT2D eigenvalue weighted by atomic mass is 10.1. The highest BCUT2D eigenvalue weighted by Gasteiger charge is 2.10. The Hall–Kier alpha value is -1.33. The molecule has 0 heterocycles. The first kappa shape index (κ1) is 15.7. The number of nitriles is 2. The summed E-state index contributed by atoms with van der Waals surface area (Å²) in [5.74, 6) is -0.567. The van der Waals surface area contributed by atoms with Gasteiger partial charge >= 0.3 is 5.97 Å². The smallest absolute Gasteiger partial charge is 0.341 e. The fourth-order valence-electron chi connectivity index (χ4n) is 1.19. The maximum Gasteiger partial charge on any atom is 0.341 e. The Kier molecular flexibility index (Phi) is 6.05. The number of nitrogens with zero attached hydrogens (tertiary/aromatic N) is 2. The molecule has 0 unspecified atom stereocenters. The van der Waals surface area contributed by atoms with E-state index in [1.165, 1.54) is 6.08 Å². The SMILES string of the molecule is N#CC(C#N)=Cc1cc(I)c(OCC(=O)O)c(I)c1. The summed E-state index contributed by atoms with van der Waals surface area (Å²) in [5.41, 5.74) is 0.695. The first-order valence-electron chi connectivity index (χ1n) is 4.83. The average molecular weight is 480 g/mol. The van der Waals surface area contributed by atoms with Crippen LogP contribution in [0.15, 0.2) is 17.7 Å². The number of carbonyl (C=O) groups is 1. The van der Waals surface area contributed by atoms with Crippen LogP contribution in [0.1, 0.15) is 5.56 Å². The quantitative estimate of drug-likeness (QED) is 0.529. The molecule has 19 heavy (non-hydrogen) atoms. The lowest BCUT2D eigenvalue weighted by Crippen LogP contribution is -2.11. The van der Waals surface area contributed by atoms with Crippen LogP contribution in [0.4, 0.5) is 0 Å². The second-order valence-corrected chi connectivity index (χ2v) is 5.60. The number of hydrogen-bond acceptors (Lipinski definition) is 4. The Morgan fingerprint density at radius 1 is 1.32 bits per heavy atom. The van der Waals surface area contributed by atoms with E-state index in [0.29, 0.717) is 18.5 Å². The molecule has 1 aromatic carbocycles. The summed E-state index contributed by atoms with van der Waals surface area (Å²) in [7, 11) is 0. The van der Waals surface area contributed by atoms with Gasteiger partial charge in [-0.2, -0.15) is 10.5 Å². The zero-order valence-corrected chi connectivity index (χ0v) is 13.7. The van der Waals surface area contributed by atoms with E-state index < -0.39 is 12.6 Å². The molecule has 0 amide bonds. The minimum absolute atomic E-state index is 0.00537. The van der Waals surface area contributed by atoms with Gasteiger partial charge in [0, 0.05) is 0 Å². The van der Waals surface area contributed by atoms with Crippen molar-refractivity contribution in [3.63, 3.8) is 0 Å². The molecule has 1 rings (SSSR count). The standard InChI is InChI=1S/C12H6I2N2O3/c13-9-2-7(1-8(4-15)5-16)3-10(14)12(9)19-6-11(17)18/h1-3H,6H2,(H,17,18). The highest BCUT2D eigenvalue weighted by atomic mass is 127. The van der Waals surface area contributed by atoms with Gasteiger partial charge < -0.3 is 9.84 Å². The number of carboxylic acid groups (broad SMARTS) is 1. The highest BCUT2D eigenvalue weighted by molar-refractivity contribution is 14.1. The molecule has 5 nitrogen and oxygen atoms in total. The molecule has 0 aliphatic heterocycles. The van der Waals surface area contributed by atoms with Gasteiger partial charge in [-0.3, -0.25) is 0 Å². The number of aliphatic carboxylic acids is 1. The third kappa shape index (κ3) is 4.69. The van der Waals surface area contributed by atoms with E-state index in [2.05, 4.69) is 0 Å². The Morgan fingerprint density at radius 3 is 2.26 bits per heavy atom. The summed E-state index contributed by atoms with van der Waals surface area (Å²) < 4.78 is 6.61. The lowest BCUT2D eigenvalue weighted by Gasteiger charge is -2.09. The first-order chi connectivity index (χ1) is 8.97. The third-order valence-electron chi connectivity index (χ3n) is 1.91. The lowest BCUT2D eigenvalue weighted by molar-refractivity contribution is -0.139. The Morgan fingerprint density at radius 2 is 1.84 bits per heavy atom. The second kappa shape index (κ2) is 7.31. The minimum atomic E-state index is -1.05. The summed E-state index contributed by atoms with van der Waals surface area (Å²) in [5, 5.41) is 26.0. The minimum Gasteiger partial charge on any atom is -0.480 e. The van der Waals surface area contributed by atoms with E-state index in [4.69, 9.17) is 20.4 Å². The van der Waals surface area contributed by atoms with Crippen LogP contribution in [0.25, 0.3) is 6.08 Å². The van der Waals surface area contributed by atoms with E-state index in [1.807, 2.05) is 45.2 Å². The zero-order chi connectivity index (χ0) is 14.4. The van der Waals surface area contributed by atoms with E-state index in [1.54, 1.807) is 24.3 Å². The molecule has 96 valence electrons. The fourth-order valence-corrected chi connectivity index (χ4v) is 3.32. The van der Waals surface area contributed by atoms with E-state index in [0.717, 1.165) is 0 Å². The van der Waals surface area contributed by atoms with Gasteiger partial charge in [0.05, 0.1) is 7.14 Å². The molecule has 0 saturated heterocycles. The van der Waals surface area contributed by atoms with E-state index in [9.17, 15) is 4.79 Å². The van der Waals surface area contributed by atoms with Gasteiger partial charge in [0.25, 0.3) is 0 Å². The summed E-state index contributed by atoms with van der Waals surface area (Å²) in [4.78, 5) is 10.5. The van der Waals surface area contributed by atoms with Gasteiger partial charge in [0.2, 0.25) is 0 Å². The maximum atomic E-state index is 10.5. The molecule has 0 atom stereocenters. The number of halogens is 2. The summed E-state index contributed by atoms with van der Waals surface area (Å²) in [6, 6.07) is 6.99. The van der Waals surface area contributed by atoms with Gasteiger partial charge in [-0.25, -0.2) is 4.79 Å². The molecule has 0 radical (unpaired) electrons.